The standard InChI is InChI=1S/C46H29N3/c1-2-13-36-34(11-1)35-12-3-10-20-44(35)49-45(36)29-40-39-16-6-9-19-43(39)48(46(40)49)33-27-23-31(24-28-33)30-21-25-32(26-22-30)47-41-17-7-4-14-37(41)38-15-5-8-18-42(38)47/h1-29H. The number of fused-ring (bicyclic) bond motifs is 13. The first-order chi connectivity index (χ1) is 24.3. The van der Waals surface area contributed by atoms with E-state index in [9.17, 15) is 0 Å². The molecule has 0 atom stereocenters. The number of para-hydroxylation sites is 4. The van der Waals surface area contributed by atoms with E-state index in [1.807, 2.05) is 0 Å². The number of aromatic nitrogens is 3. The molecule has 0 saturated heterocycles. The minimum absolute atomic E-state index is 1.15. The molecular weight excluding hydrogens is 595 g/mol. The van der Waals surface area contributed by atoms with Crippen LogP contribution < -0.4 is 0 Å². The van der Waals surface area contributed by atoms with Gasteiger partial charge in [0.2, 0.25) is 0 Å². The van der Waals surface area contributed by atoms with Gasteiger partial charge in [-0.3, -0.25) is 8.97 Å². The zero-order chi connectivity index (χ0) is 32.1. The van der Waals surface area contributed by atoms with Crippen LogP contribution in [0.3, 0.4) is 0 Å². The van der Waals surface area contributed by atoms with Gasteiger partial charge >= 0.3 is 0 Å². The van der Waals surface area contributed by atoms with Crippen molar-refractivity contribution in [3.05, 3.63) is 176 Å². The van der Waals surface area contributed by atoms with Crippen LogP contribution in [0.5, 0.6) is 0 Å². The first-order valence-electron chi connectivity index (χ1n) is 16.9. The topological polar surface area (TPSA) is 14.3 Å². The molecule has 0 aliphatic carbocycles. The van der Waals surface area contributed by atoms with E-state index in [0.717, 1.165) is 5.69 Å². The molecule has 0 N–H and O–H groups in total. The van der Waals surface area contributed by atoms with Crippen LogP contribution in [-0.4, -0.2) is 13.5 Å². The van der Waals surface area contributed by atoms with Crippen LogP contribution in [0.2, 0.25) is 0 Å². The van der Waals surface area contributed by atoms with Gasteiger partial charge in [-0.1, -0.05) is 121 Å². The van der Waals surface area contributed by atoms with Crippen molar-refractivity contribution in [3.8, 4) is 22.5 Å². The molecule has 0 amide bonds. The molecule has 0 fully saturated rings. The molecule has 228 valence electrons. The molecule has 0 aliphatic rings. The smallest absolute Gasteiger partial charge is 0.131 e. The third kappa shape index (κ3) is 3.67. The molecular formula is C46H29N3. The van der Waals surface area contributed by atoms with Gasteiger partial charge in [0.25, 0.3) is 0 Å². The van der Waals surface area contributed by atoms with Gasteiger partial charge in [-0.25, -0.2) is 0 Å². The summed E-state index contributed by atoms with van der Waals surface area (Å²) in [6.07, 6.45) is 0. The van der Waals surface area contributed by atoms with Crippen molar-refractivity contribution in [2.24, 2.45) is 0 Å². The number of nitrogens with zero attached hydrogens (tertiary/aromatic N) is 3. The quantitative estimate of drug-likeness (QED) is 0.174. The Morgan fingerprint density at radius 3 is 1.16 bits per heavy atom. The predicted molar refractivity (Wildman–Crippen MR) is 207 cm³/mol. The van der Waals surface area contributed by atoms with E-state index in [-0.39, 0.29) is 0 Å². The highest BCUT2D eigenvalue weighted by Crippen LogP contribution is 2.40. The van der Waals surface area contributed by atoms with Crippen molar-refractivity contribution in [3.63, 3.8) is 0 Å². The average Bonchev–Trinajstić information content (AvgIpc) is 3.83. The Bertz CT molecular complexity index is 3030. The summed E-state index contributed by atoms with van der Waals surface area (Å²) in [5.41, 5.74) is 12.0. The largest absolute Gasteiger partial charge is 0.309 e. The van der Waals surface area contributed by atoms with E-state index in [1.165, 1.54) is 87.7 Å². The molecule has 0 spiro atoms. The molecule has 4 aromatic heterocycles. The van der Waals surface area contributed by atoms with Crippen molar-refractivity contribution in [2.75, 3.05) is 0 Å². The average molecular weight is 624 g/mol. The summed E-state index contributed by atoms with van der Waals surface area (Å²) in [4.78, 5) is 0. The zero-order valence-corrected chi connectivity index (χ0v) is 26.6. The third-order valence-electron chi connectivity index (χ3n) is 10.4. The van der Waals surface area contributed by atoms with Crippen molar-refractivity contribution in [1.82, 2.24) is 13.5 Å². The fourth-order valence-electron chi connectivity index (χ4n) is 8.28. The van der Waals surface area contributed by atoms with E-state index in [0.29, 0.717) is 0 Å². The number of hydrogen-bond donors (Lipinski definition) is 0. The molecule has 11 aromatic rings. The number of pyridine rings is 1. The van der Waals surface area contributed by atoms with Crippen LogP contribution in [0.25, 0.3) is 93.4 Å². The summed E-state index contributed by atoms with van der Waals surface area (Å²) < 4.78 is 7.27. The van der Waals surface area contributed by atoms with Gasteiger partial charge < -0.3 is 4.57 Å². The number of rotatable bonds is 3. The van der Waals surface area contributed by atoms with Gasteiger partial charge in [0, 0.05) is 43.7 Å². The highest BCUT2D eigenvalue weighted by atomic mass is 15.1. The molecule has 0 aliphatic heterocycles. The summed E-state index contributed by atoms with van der Waals surface area (Å²) in [6.45, 7) is 0. The lowest BCUT2D eigenvalue weighted by atomic mass is 10.0. The van der Waals surface area contributed by atoms with Crippen LogP contribution in [0.1, 0.15) is 0 Å². The van der Waals surface area contributed by atoms with Crippen molar-refractivity contribution in [1.29, 1.82) is 0 Å². The molecule has 11 rings (SSSR count). The summed E-state index contributed by atoms with van der Waals surface area (Å²) in [5, 5.41) is 8.91. The predicted octanol–water partition coefficient (Wildman–Crippen LogP) is 12.1. The Hall–Kier alpha value is -6.58. The SMILES string of the molecule is c1ccc2c(c1)c1ccccc1n1c2cc2c3ccccc3n(-c3ccc(-c4ccc(-n5c6ccccc6c6ccccc65)cc4)cc3)c21. The molecule has 3 nitrogen and oxygen atoms in total. The van der Waals surface area contributed by atoms with Crippen LogP contribution in [-0.2, 0) is 0 Å². The minimum atomic E-state index is 1.15. The van der Waals surface area contributed by atoms with Crippen LogP contribution >= 0.6 is 0 Å². The van der Waals surface area contributed by atoms with Gasteiger partial charge in [-0.15, -0.1) is 0 Å². The lowest BCUT2D eigenvalue weighted by Gasteiger charge is -2.13. The Labute approximate surface area is 282 Å². The Balaban J connectivity index is 1.07. The minimum Gasteiger partial charge on any atom is -0.309 e. The maximum atomic E-state index is 2.47. The molecule has 0 saturated carbocycles. The monoisotopic (exact) mass is 623 g/mol. The van der Waals surface area contributed by atoms with E-state index >= 15 is 0 Å². The van der Waals surface area contributed by atoms with E-state index < -0.39 is 0 Å². The van der Waals surface area contributed by atoms with E-state index in [4.69, 9.17) is 0 Å². The lowest BCUT2D eigenvalue weighted by molar-refractivity contribution is 1.12. The van der Waals surface area contributed by atoms with Crippen molar-refractivity contribution < 1.29 is 0 Å². The Morgan fingerprint density at radius 1 is 0.265 bits per heavy atom. The number of benzene rings is 7. The van der Waals surface area contributed by atoms with Crippen LogP contribution in [0.4, 0.5) is 0 Å². The molecule has 4 heterocycles. The van der Waals surface area contributed by atoms with Gasteiger partial charge in [0.15, 0.2) is 0 Å². The summed E-state index contributed by atoms with van der Waals surface area (Å²) >= 11 is 0. The third-order valence-corrected chi connectivity index (χ3v) is 10.4. The fraction of sp³-hybridized carbons (Fsp3) is 0. The van der Waals surface area contributed by atoms with Gasteiger partial charge in [-0.2, -0.15) is 0 Å². The fourth-order valence-corrected chi connectivity index (χ4v) is 8.28. The van der Waals surface area contributed by atoms with Crippen LogP contribution in [0, 0.1) is 0 Å². The highest BCUT2D eigenvalue weighted by Gasteiger charge is 2.20. The maximum Gasteiger partial charge on any atom is 0.131 e. The maximum absolute atomic E-state index is 2.47. The summed E-state index contributed by atoms with van der Waals surface area (Å²) in [7, 11) is 0. The van der Waals surface area contributed by atoms with E-state index in [2.05, 4.69) is 189 Å². The van der Waals surface area contributed by atoms with Gasteiger partial charge in [0.05, 0.1) is 27.6 Å². The molecule has 7 aromatic carbocycles. The second kappa shape index (κ2) is 9.96. The molecule has 0 bridgehead atoms. The Morgan fingerprint density at radius 2 is 0.633 bits per heavy atom. The second-order valence-corrected chi connectivity index (χ2v) is 13.0. The lowest BCUT2D eigenvalue weighted by Crippen LogP contribution is -1.99. The highest BCUT2D eigenvalue weighted by molar-refractivity contribution is 6.19. The normalized spacial score (nSPS) is 12.1. The van der Waals surface area contributed by atoms with Crippen molar-refractivity contribution in [2.45, 2.75) is 0 Å². The zero-order valence-electron chi connectivity index (χ0n) is 26.6. The molecule has 49 heavy (non-hydrogen) atoms. The first-order valence-corrected chi connectivity index (χ1v) is 16.9. The van der Waals surface area contributed by atoms with Gasteiger partial charge in [-0.05, 0) is 71.1 Å². The second-order valence-electron chi connectivity index (χ2n) is 13.0. The van der Waals surface area contributed by atoms with Crippen molar-refractivity contribution >= 4 is 70.9 Å². The molecule has 3 heteroatoms. The first kappa shape index (κ1) is 26.5. The van der Waals surface area contributed by atoms with Crippen LogP contribution in [0.15, 0.2) is 176 Å². The number of hydrogen-bond acceptors (Lipinski definition) is 0. The van der Waals surface area contributed by atoms with Gasteiger partial charge in [0.1, 0.15) is 5.65 Å². The molecule has 0 radical (unpaired) electrons. The molecule has 0 unspecified atom stereocenters. The summed E-state index contributed by atoms with van der Waals surface area (Å²) in [5.74, 6) is 0. The van der Waals surface area contributed by atoms with E-state index in [1.54, 1.807) is 0 Å². The Kier molecular flexibility index (Phi) is 5.38. The summed E-state index contributed by atoms with van der Waals surface area (Å²) in [6, 6.07) is 64.1.